The summed E-state index contributed by atoms with van der Waals surface area (Å²) in [5.74, 6) is -0.0745. The third-order valence-corrected chi connectivity index (χ3v) is 4.92. The van der Waals surface area contributed by atoms with Crippen LogP contribution in [0, 0.1) is 0 Å². The third-order valence-electron chi connectivity index (χ3n) is 4.92. The molecule has 1 aromatic heterocycles. The quantitative estimate of drug-likeness (QED) is 0.580. The number of nitrogens with zero attached hydrogens (tertiary/aromatic N) is 3. The van der Waals surface area contributed by atoms with E-state index in [0.29, 0.717) is 23.5 Å². The largest absolute Gasteiger partial charge is 0.355 e. The smallest absolute Gasteiger partial charge is 0.277 e. The molecule has 0 radical (unpaired) electrons. The molecule has 1 aromatic carbocycles. The predicted molar refractivity (Wildman–Crippen MR) is 101 cm³/mol. The fourth-order valence-corrected chi connectivity index (χ4v) is 3.43. The highest BCUT2D eigenvalue weighted by Crippen LogP contribution is 2.16. The maximum atomic E-state index is 12.3. The van der Waals surface area contributed by atoms with Crippen LogP contribution < -0.4 is 16.2 Å². The van der Waals surface area contributed by atoms with Gasteiger partial charge in [-0.2, -0.15) is 0 Å². The minimum atomic E-state index is -0.210. The van der Waals surface area contributed by atoms with E-state index in [-0.39, 0.29) is 24.4 Å². The van der Waals surface area contributed by atoms with Crippen LogP contribution in [0.15, 0.2) is 29.1 Å². The summed E-state index contributed by atoms with van der Waals surface area (Å²) in [4.78, 5) is 24.3. The highest BCUT2D eigenvalue weighted by molar-refractivity contribution is 5.77. The first-order valence-electron chi connectivity index (χ1n) is 9.56. The number of hydrogen-bond acceptors (Lipinski definition) is 5. The van der Waals surface area contributed by atoms with Crippen molar-refractivity contribution < 1.29 is 4.79 Å². The molecule has 1 heterocycles. The van der Waals surface area contributed by atoms with Crippen molar-refractivity contribution in [1.82, 2.24) is 25.6 Å². The van der Waals surface area contributed by atoms with Gasteiger partial charge in [-0.1, -0.05) is 43.0 Å². The number of benzene rings is 1. The van der Waals surface area contributed by atoms with Crippen LogP contribution in [0.3, 0.4) is 0 Å². The Hall–Kier alpha value is -2.28. The van der Waals surface area contributed by atoms with Crippen LogP contribution in [0.2, 0.25) is 0 Å². The molecule has 2 N–H and O–H groups in total. The van der Waals surface area contributed by atoms with Gasteiger partial charge in [-0.3, -0.25) is 9.59 Å². The van der Waals surface area contributed by atoms with E-state index >= 15 is 0 Å². The maximum absolute atomic E-state index is 12.3. The van der Waals surface area contributed by atoms with E-state index in [2.05, 4.69) is 20.9 Å². The molecule has 0 unspecified atom stereocenters. The molecular formula is C19H27N5O2. The van der Waals surface area contributed by atoms with Gasteiger partial charge in [0.05, 0.1) is 11.9 Å². The van der Waals surface area contributed by atoms with Gasteiger partial charge in [-0.05, 0) is 25.0 Å². The van der Waals surface area contributed by atoms with Crippen LogP contribution in [-0.2, 0) is 11.3 Å². The summed E-state index contributed by atoms with van der Waals surface area (Å²) in [6, 6.07) is 7.67. The van der Waals surface area contributed by atoms with Crippen molar-refractivity contribution >= 4 is 16.8 Å². The summed E-state index contributed by atoms with van der Waals surface area (Å²) in [5.41, 5.74) is 0.362. The van der Waals surface area contributed by atoms with Crippen molar-refractivity contribution in [3.63, 3.8) is 0 Å². The normalized spacial score (nSPS) is 15.7. The van der Waals surface area contributed by atoms with Crippen LogP contribution in [0.1, 0.15) is 44.9 Å². The van der Waals surface area contributed by atoms with E-state index in [1.165, 1.54) is 43.2 Å². The van der Waals surface area contributed by atoms with Gasteiger partial charge in [0.25, 0.3) is 5.56 Å². The average Bonchev–Trinajstić information content (AvgIpc) is 2.94. The minimum absolute atomic E-state index is 0.0745. The molecule has 0 saturated heterocycles. The number of carbonyl (C=O) groups excluding carboxylic acids is 1. The number of aryl methyl sites for hydroxylation is 1. The SMILES string of the molecule is O=C(CCn1nnc2ccccc2c1=O)NCCNC1CCCCCC1. The Labute approximate surface area is 153 Å². The highest BCUT2D eigenvalue weighted by atomic mass is 16.2. The van der Waals surface area contributed by atoms with E-state index in [9.17, 15) is 9.59 Å². The number of fused-ring (bicyclic) bond motifs is 1. The van der Waals surface area contributed by atoms with E-state index in [1.54, 1.807) is 18.2 Å². The second kappa shape index (κ2) is 9.43. The molecule has 1 fully saturated rings. The molecule has 2 aromatic rings. The number of amides is 1. The standard InChI is InChI=1S/C19H27N5O2/c25-18(21-13-12-20-15-7-3-1-2-4-8-15)11-14-24-19(26)16-9-5-6-10-17(16)22-23-24/h5-6,9-10,15,20H,1-4,7-8,11-14H2,(H,21,25). The summed E-state index contributed by atoms with van der Waals surface area (Å²) in [7, 11) is 0. The lowest BCUT2D eigenvalue weighted by atomic mass is 10.1. The van der Waals surface area contributed by atoms with Crippen LogP contribution in [0.25, 0.3) is 10.9 Å². The molecule has 1 aliphatic rings. The zero-order valence-electron chi connectivity index (χ0n) is 15.1. The van der Waals surface area contributed by atoms with Crippen molar-refractivity contribution in [2.75, 3.05) is 13.1 Å². The monoisotopic (exact) mass is 357 g/mol. The first-order valence-corrected chi connectivity index (χ1v) is 9.56. The summed E-state index contributed by atoms with van der Waals surface area (Å²) in [6.07, 6.45) is 7.96. The molecule has 1 aliphatic carbocycles. The molecule has 0 atom stereocenters. The predicted octanol–water partition coefficient (Wildman–Crippen LogP) is 1.61. The lowest BCUT2D eigenvalue weighted by molar-refractivity contribution is -0.121. The average molecular weight is 357 g/mol. The van der Waals surface area contributed by atoms with Crippen LogP contribution >= 0.6 is 0 Å². The fourth-order valence-electron chi connectivity index (χ4n) is 3.43. The van der Waals surface area contributed by atoms with Gasteiger partial charge >= 0.3 is 0 Å². The lowest BCUT2D eigenvalue weighted by Crippen LogP contribution is -2.37. The van der Waals surface area contributed by atoms with Gasteiger partial charge in [0, 0.05) is 25.6 Å². The molecule has 1 saturated carbocycles. The van der Waals surface area contributed by atoms with Gasteiger partial charge in [0.15, 0.2) is 0 Å². The molecule has 0 bridgehead atoms. The Morgan fingerprint density at radius 2 is 1.88 bits per heavy atom. The summed E-state index contributed by atoms with van der Waals surface area (Å²) < 4.78 is 1.26. The maximum Gasteiger partial charge on any atom is 0.277 e. The van der Waals surface area contributed by atoms with Crippen LogP contribution in [0.5, 0.6) is 0 Å². The lowest BCUT2D eigenvalue weighted by Gasteiger charge is -2.16. The van der Waals surface area contributed by atoms with Gasteiger partial charge in [0.1, 0.15) is 5.52 Å². The zero-order chi connectivity index (χ0) is 18.2. The zero-order valence-corrected chi connectivity index (χ0v) is 15.1. The molecule has 26 heavy (non-hydrogen) atoms. The van der Waals surface area contributed by atoms with Crippen molar-refractivity contribution in [1.29, 1.82) is 0 Å². The van der Waals surface area contributed by atoms with Gasteiger partial charge < -0.3 is 10.6 Å². The summed E-state index contributed by atoms with van der Waals surface area (Å²) in [6.45, 7) is 1.62. The third kappa shape index (κ3) is 5.11. The Kier molecular flexibility index (Phi) is 6.71. The van der Waals surface area contributed by atoms with Crippen LogP contribution in [0.4, 0.5) is 0 Å². The second-order valence-corrected chi connectivity index (χ2v) is 6.88. The van der Waals surface area contributed by atoms with E-state index in [0.717, 1.165) is 6.54 Å². The first-order chi connectivity index (χ1) is 12.7. The number of hydrogen-bond donors (Lipinski definition) is 2. The van der Waals surface area contributed by atoms with Crippen LogP contribution in [-0.4, -0.2) is 40.0 Å². The molecule has 0 aliphatic heterocycles. The molecule has 3 rings (SSSR count). The van der Waals surface area contributed by atoms with E-state index in [1.807, 2.05) is 6.07 Å². The number of nitrogens with one attached hydrogen (secondary N) is 2. The topological polar surface area (TPSA) is 88.9 Å². The van der Waals surface area contributed by atoms with Gasteiger partial charge in [0.2, 0.25) is 5.91 Å². The molecular weight excluding hydrogens is 330 g/mol. The Morgan fingerprint density at radius 1 is 1.12 bits per heavy atom. The van der Waals surface area contributed by atoms with Gasteiger partial charge in [-0.25, -0.2) is 4.68 Å². The van der Waals surface area contributed by atoms with Crippen molar-refractivity contribution in [3.05, 3.63) is 34.6 Å². The van der Waals surface area contributed by atoms with Crippen molar-refractivity contribution in [3.8, 4) is 0 Å². The van der Waals surface area contributed by atoms with Crippen molar-refractivity contribution in [2.45, 2.75) is 57.5 Å². The Bertz CT molecular complexity index is 781. The number of rotatable bonds is 7. The first kappa shape index (κ1) is 18.5. The highest BCUT2D eigenvalue weighted by Gasteiger charge is 2.11. The van der Waals surface area contributed by atoms with E-state index < -0.39 is 0 Å². The Balaban J connectivity index is 1.40. The minimum Gasteiger partial charge on any atom is -0.355 e. The fraction of sp³-hybridized carbons (Fsp3) is 0.579. The molecule has 140 valence electrons. The van der Waals surface area contributed by atoms with Gasteiger partial charge in [-0.15, -0.1) is 5.10 Å². The van der Waals surface area contributed by atoms with E-state index in [4.69, 9.17) is 0 Å². The number of aromatic nitrogens is 3. The molecule has 1 amide bonds. The summed E-state index contributed by atoms with van der Waals surface area (Å²) >= 11 is 0. The number of carbonyl (C=O) groups is 1. The Morgan fingerprint density at radius 3 is 2.69 bits per heavy atom. The summed E-state index contributed by atoms with van der Waals surface area (Å²) in [5, 5.41) is 14.9. The molecule has 0 spiro atoms. The van der Waals surface area contributed by atoms with Crippen molar-refractivity contribution in [2.24, 2.45) is 0 Å². The molecule has 7 heteroatoms. The second-order valence-electron chi connectivity index (χ2n) is 6.88. The molecule has 7 nitrogen and oxygen atoms in total.